The summed E-state index contributed by atoms with van der Waals surface area (Å²) in [4.78, 5) is 12.4. The monoisotopic (exact) mass is 402 g/mol. The summed E-state index contributed by atoms with van der Waals surface area (Å²) in [7, 11) is 0. The molecule has 28 heavy (non-hydrogen) atoms. The molecule has 1 fully saturated rings. The summed E-state index contributed by atoms with van der Waals surface area (Å²) in [6, 6.07) is 8.21. The fourth-order valence-corrected chi connectivity index (χ4v) is 4.40. The van der Waals surface area contributed by atoms with Crippen molar-refractivity contribution in [3.05, 3.63) is 24.3 Å². The van der Waals surface area contributed by atoms with E-state index in [9.17, 15) is 4.79 Å². The zero-order chi connectivity index (χ0) is 19.8. The third-order valence-corrected chi connectivity index (χ3v) is 5.98. The van der Waals surface area contributed by atoms with E-state index in [1.54, 1.807) is 0 Å². The van der Waals surface area contributed by atoms with Crippen LogP contribution in [0.1, 0.15) is 52.4 Å². The highest BCUT2D eigenvalue weighted by atomic mass is 32.2. The number of carbonyl (C=O) groups is 1. The van der Waals surface area contributed by atoms with E-state index in [-0.39, 0.29) is 5.91 Å². The molecule has 1 aliphatic carbocycles. The number of nitrogens with one attached hydrogen (secondary N) is 1. The van der Waals surface area contributed by atoms with Gasteiger partial charge in [0.1, 0.15) is 5.75 Å². The van der Waals surface area contributed by atoms with Crippen molar-refractivity contribution >= 4 is 17.7 Å². The normalized spacial score (nSPS) is 15.2. The van der Waals surface area contributed by atoms with Gasteiger partial charge in [-0.25, -0.2) is 0 Å². The molecule has 1 heterocycles. The van der Waals surface area contributed by atoms with Gasteiger partial charge >= 0.3 is 0 Å². The Labute approximate surface area is 171 Å². The van der Waals surface area contributed by atoms with E-state index < -0.39 is 0 Å². The van der Waals surface area contributed by atoms with E-state index in [1.807, 2.05) is 31.2 Å². The Morgan fingerprint density at radius 1 is 1.14 bits per heavy atom. The second-order valence-corrected chi connectivity index (χ2v) is 8.00. The number of rotatable bonds is 8. The van der Waals surface area contributed by atoms with Gasteiger partial charge in [-0.2, -0.15) is 0 Å². The lowest BCUT2D eigenvalue weighted by Crippen LogP contribution is -2.35. The third-order valence-electron chi connectivity index (χ3n) is 5.01. The minimum Gasteiger partial charge on any atom is -0.494 e. The van der Waals surface area contributed by atoms with Crippen LogP contribution in [0.3, 0.4) is 0 Å². The van der Waals surface area contributed by atoms with E-state index in [1.165, 1.54) is 37.4 Å². The van der Waals surface area contributed by atoms with Crippen molar-refractivity contribution in [2.24, 2.45) is 0 Å². The molecule has 1 N–H and O–H groups in total. The van der Waals surface area contributed by atoms with Crippen LogP contribution in [-0.4, -0.2) is 39.1 Å². The molecule has 0 atom stereocenters. The topological polar surface area (TPSA) is 69.0 Å². The van der Waals surface area contributed by atoms with Gasteiger partial charge in [0.2, 0.25) is 5.91 Å². The molecule has 6 nitrogen and oxygen atoms in total. The summed E-state index contributed by atoms with van der Waals surface area (Å²) in [6.45, 7) is 5.44. The molecule has 0 radical (unpaired) electrons. The van der Waals surface area contributed by atoms with Gasteiger partial charge in [0.15, 0.2) is 11.0 Å². The molecule has 3 rings (SSSR count). The molecule has 0 aliphatic heterocycles. The molecule has 0 unspecified atom stereocenters. The molecule has 152 valence electrons. The summed E-state index contributed by atoms with van der Waals surface area (Å²) >= 11 is 1.45. The maximum Gasteiger partial charge on any atom is 0.230 e. The standard InChI is InChI=1S/C21H30N4O2S/c1-3-25-20(16-11-13-18(14-12-16)27-4-2)23-24-21(25)28-15-19(26)22-17-9-7-5-6-8-10-17/h11-14,17H,3-10,15H2,1-2H3,(H,22,26). The second-order valence-electron chi connectivity index (χ2n) is 7.05. The Hall–Kier alpha value is -2.02. The van der Waals surface area contributed by atoms with Crippen LogP contribution in [-0.2, 0) is 11.3 Å². The minimum absolute atomic E-state index is 0.0881. The smallest absolute Gasteiger partial charge is 0.230 e. The van der Waals surface area contributed by atoms with E-state index in [0.717, 1.165) is 41.7 Å². The van der Waals surface area contributed by atoms with Gasteiger partial charge < -0.3 is 14.6 Å². The van der Waals surface area contributed by atoms with Crippen LogP contribution in [0.2, 0.25) is 0 Å². The minimum atomic E-state index is 0.0881. The predicted molar refractivity (Wildman–Crippen MR) is 113 cm³/mol. The number of carbonyl (C=O) groups excluding carboxylic acids is 1. The van der Waals surface area contributed by atoms with E-state index in [0.29, 0.717) is 18.4 Å². The Morgan fingerprint density at radius 3 is 2.50 bits per heavy atom. The summed E-state index contributed by atoms with van der Waals surface area (Å²) in [5.41, 5.74) is 0.993. The first kappa shape index (κ1) is 20.7. The van der Waals surface area contributed by atoms with Gasteiger partial charge in [0.25, 0.3) is 0 Å². The van der Waals surface area contributed by atoms with Crippen molar-refractivity contribution in [1.29, 1.82) is 0 Å². The number of amides is 1. The third kappa shape index (κ3) is 5.50. The van der Waals surface area contributed by atoms with Gasteiger partial charge in [-0.3, -0.25) is 4.79 Å². The molecule has 0 spiro atoms. The van der Waals surface area contributed by atoms with Crippen molar-refractivity contribution in [3.63, 3.8) is 0 Å². The van der Waals surface area contributed by atoms with Crippen molar-refractivity contribution in [2.45, 2.75) is 70.1 Å². The average molecular weight is 403 g/mol. The van der Waals surface area contributed by atoms with Crippen molar-refractivity contribution in [1.82, 2.24) is 20.1 Å². The molecule has 1 saturated carbocycles. The SMILES string of the molecule is CCOc1ccc(-c2nnc(SCC(=O)NC3CCCCCC3)n2CC)cc1. The number of thioether (sulfide) groups is 1. The second kappa shape index (κ2) is 10.5. The molecule has 1 aliphatic rings. The molecule has 0 saturated heterocycles. The molecule has 1 aromatic heterocycles. The molecular weight excluding hydrogens is 372 g/mol. The quantitative estimate of drug-likeness (QED) is 0.527. The highest BCUT2D eigenvalue weighted by molar-refractivity contribution is 7.99. The predicted octanol–water partition coefficient (Wildman–Crippen LogP) is 4.29. The Balaban J connectivity index is 1.60. The van der Waals surface area contributed by atoms with E-state index >= 15 is 0 Å². The van der Waals surface area contributed by atoms with Crippen molar-refractivity contribution < 1.29 is 9.53 Å². The number of benzene rings is 1. The molecule has 0 bridgehead atoms. The van der Waals surface area contributed by atoms with Crippen LogP contribution in [0.4, 0.5) is 0 Å². The highest BCUT2D eigenvalue weighted by Gasteiger charge is 2.17. The van der Waals surface area contributed by atoms with Crippen LogP contribution >= 0.6 is 11.8 Å². The lowest BCUT2D eigenvalue weighted by atomic mass is 10.1. The molecule has 2 aromatic rings. The maximum absolute atomic E-state index is 12.4. The van der Waals surface area contributed by atoms with Crippen molar-refractivity contribution in [3.8, 4) is 17.1 Å². The zero-order valence-electron chi connectivity index (χ0n) is 16.8. The van der Waals surface area contributed by atoms with Crippen LogP contribution in [0.15, 0.2) is 29.4 Å². The number of aromatic nitrogens is 3. The number of hydrogen-bond acceptors (Lipinski definition) is 5. The number of ether oxygens (including phenoxy) is 1. The van der Waals surface area contributed by atoms with E-state index in [4.69, 9.17) is 4.74 Å². The van der Waals surface area contributed by atoms with Gasteiger partial charge in [-0.1, -0.05) is 37.4 Å². The lowest BCUT2D eigenvalue weighted by molar-refractivity contribution is -0.119. The molecule has 7 heteroatoms. The zero-order valence-corrected chi connectivity index (χ0v) is 17.6. The van der Waals surface area contributed by atoms with Gasteiger partial charge in [0, 0.05) is 18.2 Å². The lowest BCUT2D eigenvalue weighted by Gasteiger charge is -2.16. The Bertz CT molecular complexity index is 752. The van der Waals surface area contributed by atoms with E-state index in [2.05, 4.69) is 27.0 Å². The van der Waals surface area contributed by atoms with Crippen LogP contribution < -0.4 is 10.1 Å². The molecule has 1 amide bonds. The number of hydrogen-bond donors (Lipinski definition) is 1. The number of nitrogens with zero attached hydrogens (tertiary/aromatic N) is 3. The van der Waals surface area contributed by atoms with Crippen LogP contribution in [0.5, 0.6) is 5.75 Å². The van der Waals surface area contributed by atoms with Crippen LogP contribution in [0.25, 0.3) is 11.4 Å². The summed E-state index contributed by atoms with van der Waals surface area (Å²) in [5, 5.41) is 12.7. The Kier molecular flexibility index (Phi) is 7.77. The van der Waals surface area contributed by atoms with Crippen LogP contribution in [0, 0.1) is 0 Å². The van der Waals surface area contributed by atoms with Crippen molar-refractivity contribution in [2.75, 3.05) is 12.4 Å². The summed E-state index contributed by atoms with van der Waals surface area (Å²) in [6.07, 6.45) is 7.21. The molecular formula is C21H30N4O2S. The van der Waals surface area contributed by atoms with Gasteiger partial charge in [0.05, 0.1) is 12.4 Å². The summed E-state index contributed by atoms with van der Waals surface area (Å²) in [5.74, 6) is 2.12. The fourth-order valence-electron chi connectivity index (χ4n) is 3.58. The summed E-state index contributed by atoms with van der Waals surface area (Å²) < 4.78 is 7.56. The maximum atomic E-state index is 12.4. The first-order chi connectivity index (χ1) is 13.7. The fraction of sp³-hybridized carbons (Fsp3) is 0.571. The van der Waals surface area contributed by atoms with Gasteiger partial charge in [-0.05, 0) is 51.0 Å². The average Bonchev–Trinajstić information content (AvgIpc) is 2.95. The first-order valence-corrected chi connectivity index (χ1v) is 11.3. The largest absolute Gasteiger partial charge is 0.494 e. The molecule has 1 aromatic carbocycles. The van der Waals surface area contributed by atoms with Gasteiger partial charge in [-0.15, -0.1) is 10.2 Å². The Morgan fingerprint density at radius 2 is 1.86 bits per heavy atom. The highest BCUT2D eigenvalue weighted by Crippen LogP contribution is 2.26. The first-order valence-electron chi connectivity index (χ1n) is 10.3.